The third kappa shape index (κ3) is 2.53. The average Bonchev–Trinajstić information content (AvgIpc) is 1.94. The van der Waals surface area contributed by atoms with Crippen molar-refractivity contribution < 1.29 is 9.90 Å². The number of halogens is 1. The van der Waals surface area contributed by atoms with Gasteiger partial charge in [-0.25, -0.2) is 9.78 Å². The Balaban J connectivity index is 0.00000121. The number of rotatable bonds is 1. The van der Waals surface area contributed by atoms with Crippen LogP contribution in [-0.4, -0.2) is 34.9 Å². The van der Waals surface area contributed by atoms with E-state index in [2.05, 4.69) is 4.98 Å². The van der Waals surface area contributed by atoms with E-state index in [9.17, 15) is 4.79 Å². The molecule has 1 heterocycles. The number of hydrogen-bond donors (Lipinski definition) is 1. The molecule has 59 valence electrons. The van der Waals surface area contributed by atoms with Crippen LogP contribution in [0.25, 0.3) is 0 Å². The van der Waals surface area contributed by atoms with E-state index in [4.69, 9.17) is 16.7 Å². The Morgan fingerprint density at radius 3 is 2.58 bits per heavy atom. The number of carboxylic acid groups (broad SMARTS) is 1. The fourth-order valence-electron chi connectivity index (χ4n) is 0.690. The first-order chi connectivity index (χ1) is 5.11. The second kappa shape index (κ2) is 4.51. The molecule has 12 heavy (non-hydrogen) atoms. The summed E-state index contributed by atoms with van der Waals surface area (Å²) in [6.07, 6.45) is 0. The molecule has 0 spiro atoms. The number of carboxylic acids is 1. The Morgan fingerprint density at radius 2 is 2.17 bits per heavy atom. The monoisotopic (exact) mass is 178 g/mol. The second-order valence-corrected chi connectivity index (χ2v) is 2.50. The summed E-state index contributed by atoms with van der Waals surface area (Å²) in [4.78, 5) is 14.2. The first kappa shape index (κ1) is 11.5. The van der Waals surface area contributed by atoms with Crippen LogP contribution in [0.4, 0.5) is 0 Å². The minimum atomic E-state index is -1.10. The number of hydrogen-bond acceptors (Lipinski definition) is 2. The van der Waals surface area contributed by atoms with Crippen molar-refractivity contribution in [1.82, 2.24) is 4.98 Å². The SMILES string of the molecule is Cc1ccc(Cl)c(C(=O)O)n1.[Li]. The zero-order valence-corrected chi connectivity index (χ0v) is 7.59. The zero-order valence-electron chi connectivity index (χ0n) is 6.84. The van der Waals surface area contributed by atoms with Gasteiger partial charge in [-0.1, -0.05) is 11.6 Å². The molecular weight excluding hydrogens is 172 g/mol. The molecular formula is C7H6ClLiNO2. The maximum absolute atomic E-state index is 10.4. The van der Waals surface area contributed by atoms with E-state index < -0.39 is 5.97 Å². The van der Waals surface area contributed by atoms with Crippen LogP contribution in [-0.2, 0) is 0 Å². The van der Waals surface area contributed by atoms with Crippen molar-refractivity contribution in [2.24, 2.45) is 0 Å². The topological polar surface area (TPSA) is 50.2 Å². The van der Waals surface area contributed by atoms with Crippen LogP contribution in [0.2, 0.25) is 5.02 Å². The first-order valence-electron chi connectivity index (χ1n) is 2.97. The fraction of sp³-hybridized carbons (Fsp3) is 0.143. The van der Waals surface area contributed by atoms with Gasteiger partial charge in [-0.3, -0.25) is 0 Å². The quantitative estimate of drug-likeness (QED) is 0.661. The Labute approximate surface area is 86.9 Å². The molecule has 1 N–H and O–H groups in total. The average molecular weight is 179 g/mol. The molecule has 0 saturated carbocycles. The summed E-state index contributed by atoms with van der Waals surface area (Å²) in [5.74, 6) is -1.10. The number of aromatic nitrogens is 1. The molecule has 1 radical (unpaired) electrons. The molecule has 5 heteroatoms. The van der Waals surface area contributed by atoms with E-state index in [0.717, 1.165) is 0 Å². The van der Waals surface area contributed by atoms with Gasteiger partial charge in [0.2, 0.25) is 0 Å². The summed E-state index contributed by atoms with van der Waals surface area (Å²) in [6.45, 7) is 1.71. The van der Waals surface area contributed by atoms with E-state index in [-0.39, 0.29) is 29.6 Å². The molecule has 0 saturated heterocycles. The third-order valence-corrected chi connectivity index (χ3v) is 1.49. The largest absolute Gasteiger partial charge is 0.476 e. The standard InChI is InChI=1S/C7H6ClNO2.Li/c1-4-2-3-5(8)6(9-4)7(10)11;/h2-3H,1H3,(H,10,11);. The van der Waals surface area contributed by atoms with Gasteiger partial charge in [0.15, 0.2) is 5.69 Å². The summed E-state index contributed by atoms with van der Waals surface area (Å²) < 4.78 is 0. The molecule has 0 aliphatic heterocycles. The van der Waals surface area contributed by atoms with Gasteiger partial charge in [0.25, 0.3) is 0 Å². The van der Waals surface area contributed by atoms with Crippen LogP contribution in [0.3, 0.4) is 0 Å². The van der Waals surface area contributed by atoms with Crippen LogP contribution < -0.4 is 0 Å². The van der Waals surface area contributed by atoms with Crippen LogP contribution in [0.15, 0.2) is 12.1 Å². The van der Waals surface area contributed by atoms with E-state index in [1.807, 2.05) is 0 Å². The van der Waals surface area contributed by atoms with Crippen molar-refractivity contribution in [3.63, 3.8) is 0 Å². The number of aromatic carboxylic acids is 1. The Bertz CT molecular complexity index is 303. The molecule has 0 aromatic carbocycles. The van der Waals surface area contributed by atoms with Crippen molar-refractivity contribution in [3.8, 4) is 0 Å². The summed E-state index contributed by atoms with van der Waals surface area (Å²) in [7, 11) is 0. The molecule has 1 rings (SSSR count). The van der Waals surface area contributed by atoms with Gasteiger partial charge in [0.05, 0.1) is 5.02 Å². The molecule has 0 atom stereocenters. The molecule has 0 aliphatic carbocycles. The zero-order chi connectivity index (χ0) is 8.43. The fourth-order valence-corrected chi connectivity index (χ4v) is 0.876. The summed E-state index contributed by atoms with van der Waals surface area (Å²) in [5.41, 5.74) is 0.554. The predicted molar refractivity (Wildman–Crippen MR) is 46.7 cm³/mol. The van der Waals surface area contributed by atoms with Crippen LogP contribution in [0, 0.1) is 6.92 Å². The van der Waals surface area contributed by atoms with Crippen LogP contribution in [0.1, 0.15) is 16.2 Å². The summed E-state index contributed by atoms with van der Waals surface area (Å²) in [6, 6.07) is 3.18. The molecule has 1 aromatic heterocycles. The van der Waals surface area contributed by atoms with Gasteiger partial charge >= 0.3 is 5.97 Å². The van der Waals surface area contributed by atoms with Crippen molar-refractivity contribution in [2.75, 3.05) is 0 Å². The molecule has 0 amide bonds. The number of carbonyl (C=O) groups is 1. The maximum atomic E-state index is 10.4. The van der Waals surface area contributed by atoms with Crippen molar-refractivity contribution in [1.29, 1.82) is 0 Å². The van der Waals surface area contributed by atoms with Gasteiger partial charge < -0.3 is 5.11 Å². The predicted octanol–water partition coefficient (Wildman–Crippen LogP) is 1.36. The normalized spacial score (nSPS) is 8.83. The minimum Gasteiger partial charge on any atom is -0.476 e. The number of pyridine rings is 1. The van der Waals surface area contributed by atoms with Crippen molar-refractivity contribution in [3.05, 3.63) is 28.5 Å². The van der Waals surface area contributed by atoms with Gasteiger partial charge in [-0.15, -0.1) is 0 Å². The minimum absolute atomic E-state index is 0. The molecule has 1 aromatic rings. The second-order valence-electron chi connectivity index (χ2n) is 2.09. The van der Waals surface area contributed by atoms with Crippen LogP contribution >= 0.6 is 11.6 Å². The van der Waals surface area contributed by atoms with E-state index in [1.54, 1.807) is 13.0 Å². The Morgan fingerprint density at radius 1 is 1.58 bits per heavy atom. The Hall–Kier alpha value is -0.493. The summed E-state index contributed by atoms with van der Waals surface area (Å²) in [5, 5.41) is 8.71. The smallest absolute Gasteiger partial charge is 0.356 e. The van der Waals surface area contributed by atoms with Gasteiger partial charge in [0, 0.05) is 24.6 Å². The number of nitrogens with zero attached hydrogens (tertiary/aromatic N) is 1. The van der Waals surface area contributed by atoms with E-state index in [0.29, 0.717) is 5.69 Å². The van der Waals surface area contributed by atoms with Gasteiger partial charge in [0.1, 0.15) is 0 Å². The van der Waals surface area contributed by atoms with Crippen molar-refractivity contribution in [2.45, 2.75) is 6.92 Å². The van der Waals surface area contributed by atoms with Gasteiger partial charge in [-0.2, -0.15) is 0 Å². The molecule has 0 aliphatic rings. The molecule has 0 bridgehead atoms. The molecule has 3 nitrogen and oxygen atoms in total. The van der Waals surface area contributed by atoms with E-state index in [1.165, 1.54) is 6.07 Å². The summed E-state index contributed by atoms with van der Waals surface area (Å²) >= 11 is 5.55. The first-order valence-corrected chi connectivity index (χ1v) is 3.35. The molecule has 0 fully saturated rings. The molecule has 0 unspecified atom stereocenters. The van der Waals surface area contributed by atoms with Gasteiger partial charge in [-0.05, 0) is 19.1 Å². The number of aryl methyl sites for hydroxylation is 1. The van der Waals surface area contributed by atoms with Crippen LogP contribution in [0.5, 0.6) is 0 Å². The Kier molecular flexibility index (Phi) is 4.33. The van der Waals surface area contributed by atoms with Crippen molar-refractivity contribution >= 4 is 36.4 Å². The third-order valence-electron chi connectivity index (χ3n) is 1.19. The maximum Gasteiger partial charge on any atom is 0.356 e. The van der Waals surface area contributed by atoms with E-state index >= 15 is 0 Å².